The van der Waals surface area contributed by atoms with Crippen molar-refractivity contribution >= 4 is 34.0 Å². The molecule has 1 aliphatic heterocycles. The molecule has 0 saturated carbocycles. The Hall–Kier alpha value is -1.15. The van der Waals surface area contributed by atoms with Gasteiger partial charge in [-0.1, -0.05) is 12.5 Å². The van der Waals surface area contributed by atoms with E-state index in [1.807, 2.05) is 0 Å². The molecule has 0 radical (unpaired) electrons. The van der Waals surface area contributed by atoms with Gasteiger partial charge in [-0.05, 0) is 44.6 Å². The van der Waals surface area contributed by atoms with Crippen molar-refractivity contribution in [2.24, 2.45) is 0 Å². The van der Waals surface area contributed by atoms with Gasteiger partial charge < -0.3 is 10.6 Å². The first-order valence-corrected chi connectivity index (χ1v) is 8.09. The Bertz CT molecular complexity index is 586. The molecule has 2 rings (SSSR count). The summed E-state index contributed by atoms with van der Waals surface area (Å²) in [7, 11) is -2.14. The summed E-state index contributed by atoms with van der Waals surface area (Å²) in [5.74, 6) is -0.122. The van der Waals surface area contributed by atoms with E-state index in [9.17, 15) is 13.2 Å². The smallest absolute Gasteiger partial charge is 0.241 e. The molecule has 1 heterocycles. The van der Waals surface area contributed by atoms with E-state index < -0.39 is 10.0 Å². The van der Waals surface area contributed by atoms with Gasteiger partial charge in [0.2, 0.25) is 15.9 Å². The maximum atomic E-state index is 12.1. The van der Waals surface area contributed by atoms with Gasteiger partial charge in [0.05, 0.1) is 10.9 Å². The normalized spacial score (nSPS) is 18.6. The Kier molecular flexibility index (Phi) is 6.60. The van der Waals surface area contributed by atoms with E-state index in [-0.39, 0.29) is 29.3 Å². The molecule has 1 aromatic carbocycles. The van der Waals surface area contributed by atoms with Crippen molar-refractivity contribution in [1.29, 1.82) is 0 Å². The second kappa shape index (κ2) is 7.74. The molecule has 0 bridgehead atoms. The Morgan fingerprint density at radius 2 is 2.10 bits per heavy atom. The van der Waals surface area contributed by atoms with Crippen molar-refractivity contribution < 1.29 is 13.2 Å². The zero-order chi connectivity index (χ0) is 14.6. The number of halogens is 1. The SMILES string of the molecule is CNS(=O)(=O)c1cccc(NC(=O)[C@H]2CCCCN2)c1.Cl. The fourth-order valence-electron chi connectivity index (χ4n) is 2.16. The number of anilines is 1. The first kappa shape index (κ1) is 17.9. The summed E-state index contributed by atoms with van der Waals surface area (Å²) in [5.41, 5.74) is 0.485. The molecule has 3 N–H and O–H groups in total. The highest BCUT2D eigenvalue weighted by atomic mass is 35.5. The Labute approximate surface area is 131 Å². The summed E-state index contributed by atoms with van der Waals surface area (Å²) in [5, 5.41) is 5.91. The van der Waals surface area contributed by atoms with Crippen molar-refractivity contribution in [3.63, 3.8) is 0 Å². The van der Waals surface area contributed by atoms with Crippen LogP contribution in [0, 0.1) is 0 Å². The summed E-state index contributed by atoms with van der Waals surface area (Å²) < 4.78 is 25.7. The van der Waals surface area contributed by atoms with Crippen LogP contribution < -0.4 is 15.4 Å². The van der Waals surface area contributed by atoms with Gasteiger partial charge in [0.25, 0.3) is 0 Å². The molecular formula is C13H20ClN3O3S. The molecule has 1 fully saturated rings. The predicted octanol–water partition coefficient (Wildman–Crippen LogP) is 1.10. The fraction of sp³-hybridized carbons (Fsp3) is 0.462. The number of piperidine rings is 1. The van der Waals surface area contributed by atoms with Crippen molar-refractivity contribution in [2.75, 3.05) is 18.9 Å². The minimum Gasteiger partial charge on any atom is -0.325 e. The maximum Gasteiger partial charge on any atom is 0.241 e. The highest BCUT2D eigenvalue weighted by molar-refractivity contribution is 7.89. The third kappa shape index (κ3) is 4.67. The van der Waals surface area contributed by atoms with E-state index in [1.165, 1.54) is 19.2 Å². The average molecular weight is 334 g/mol. The number of carbonyl (C=O) groups excluding carboxylic acids is 1. The molecule has 21 heavy (non-hydrogen) atoms. The molecule has 1 atom stereocenters. The van der Waals surface area contributed by atoms with Crippen molar-refractivity contribution in [3.05, 3.63) is 24.3 Å². The Morgan fingerprint density at radius 3 is 2.71 bits per heavy atom. The number of rotatable bonds is 4. The van der Waals surface area contributed by atoms with Crippen LogP contribution in [0.1, 0.15) is 19.3 Å². The van der Waals surface area contributed by atoms with Gasteiger partial charge >= 0.3 is 0 Å². The first-order valence-electron chi connectivity index (χ1n) is 6.61. The van der Waals surface area contributed by atoms with Crippen LogP contribution >= 0.6 is 12.4 Å². The van der Waals surface area contributed by atoms with E-state index >= 15 is 0 Å². The van der Waals surface area contributed by atoms with E-state index in [0.29, 0.717) is 5.69 Å². The number of hydrogen-bond donors (Lipinski definition) is 3. The lowest BCUT2D eigenvalue weighted by molar-refractivity contribution is -0.118. The fourth-order valence-corrected chi connectivity index (χ4v) is 2.94. The Morgan fingerprint density at radius 1 is 1.33 bits per heavy atom. The number of nitrogens with one attached hydrogen (secondary N) is 3. The zero-order valence-electron chi connectivity index (χ0n) is 11.8. The first-order chi connectivity index (χ1) is 9.53. The van der Waals surface area contributed by atoms with Gasteiger partial charge in [0.15, 0.2) is 0 Å². The molecule has 1 aliphatic rings. The average Bonchev–Trinajstić information content (AvgIpc) is 2.48. The molecule has 0 aliphatic carbocycles. The number of carbonyl (C=O) groups is 1. The number of sulfonamides is 1. The summed E-state index contributed by atoms with van der Waals surface area (Å²) in [6.45, 7) is 0.840. The van der Waals surface area contributed by atoms with Gasteiger partial charge in [-0.2, -0.15) is 0 Å². The molecule has 0 spiro atoms. The Balaban J connectivity index is 0.00000220. The summed E-state index contributed by atoms with van der Waals surface area (Å²) in [4.78, 5) is 12.2. The number of hydrogen-bond acceptors (Lipinski definition) is 4. The van der Waals surface area contributed by atoms with Crippen molar-refractivity contribution in [2.45, 2.75) is 30.2 Å². The van der Waals surface area contributed by atoms with Crippen LogP contribution in [-0.4, -0.2) is 34.0 Å². The van der Waals surface area contributed by atoms with E-state index in [4.69, 9.17) is 0 Å². The molecule has 0 aromatic heterocycles. The number of benzene rings is 1. The third-order valence-electron chi connectivity index (χ3n) is 3.31. The molecule has 1 amide bonds. The predicted molar refractivity (Wildman–Crippen MR) is 84.2 cm³/mol. The molecule has 8 heteroatoms. The lowest BCUT2D eigenvalue weighted by Crippen LogP contribution is -2.43. The lowest BCUT2D eigenvalue weighted by atomic mass is 10.0. The van der Waals surface area contributed by atoms with Crippen LogP contribution in [0.25, 0.3) is 0 Å². The van der Waals surface area contributed by atoms with Gasteiger partial charge in [0, 0.05) is 5.69 Å². The molecule has 1 saturated heterocycles. The second-order valence-electron chi connectivity index (χ2n) is 4.73. The monoisotopic (exact) mass is 333 g/mol. The van der Waals surface area contributed by atoms with Gasteiger partial charge in [-0.25, -0.2) is 13.1 Å². The summed E-state index contributed by atoms with van der Waals surface area (Å²) in [6, 6.07) is 6.02. The summed E-state index contributed by atoms with van der Waals surface area (Å²) >= 11 is 0. The van der Waals surface area contributed by atoms with E-state index in [2.05, 4.69) is 15.4 Å². The van der Waals surface area contributed by atoms with Gasteiger partial charge in [0.1, 0.15) is 0 Å². The van der Waals surface area contributed by atoms with E-state index in [1.54, 1.807) is 12.1 Å². The largest absolute Gasteiger partial charge is 0.325 e. The second-order valence-corrected chi connectivity index (χ2v) is 6.61. The minimum atomic E-state index is -3.50. The van der Waals surface area contributed by atoms with Gasteiger partial charge in [-0.3, -0.25) is 4.79 Å². The van der Waals surface area contributed by atoms with Crippen LogP contribution in [-0.2, 0) is 14.8 Å². The molecule has 1 aromatic rings. The van der Waals surface area contributed by atoms with Crippen LogP contribution in [0.5, 0.6) is 0 Å². The van der Waals surface area contributed by atoms with Crippen molar-refractivity contribution in [1.82, 2.24) is 10.0 Å². The molecule has 6 nitrogen and oxygen atoms in total. The topological polar surface area (TPSA) is 87.3 Å². The van der Waals surface area contributed by atoms with Crippen LogP contribution in [0.15, 0.2) is 29.2 Å². The molecule has 0 unspecified atom stereocenters. The van der Waals surface area contributed by atoms with Gasteiger partial charge in [-0.15, -0.1) is 12.4 Å². The highest BCUT2D eigenvalue weighted by Crippen LogP contribution is 2.16. The minimum absolute atomic E-state index is 0. The maximum absolute atomic E-state index is 12.1. The lowest BCUT2D eigenvalue weighted by Gasteiger charge is -2.22. The molecule has 118 valence electrons. The van der Waals surface area contributed by atoms with Crippen molar-refractivity contribution in [3.8, 4) is 0 Å². The zero-order valence-corrected chi connectivity index (χ0v) is 13.4. The number of amides is 1. The highest BCUT2D eigenvalue weighted by Gasteiger charge is 2.21. The summed E-state index contributed by atoms with van der Waals surface area (Å²) in [6.07, 6.45) is 2.92. The quantitative estimate of drug-likeness (QED) is 0.770. The van der Waals surface area contributed by atoms with Crippen LogP contribution in [0.2, 0.25) is 0 Å². The van der Waals surface area contributed by atoms with E-state index in [0.717, 1.165) is 25.8 Å². The third-order valence-corrected chi connectivity index (χ3v) is 4.72. The van der Waals surface area contributed by atoms with Crippen LogP contribution in [0.4, 0.5) is 5.69 Å². The molecular weight excluding hydrogens is 314 g/mol. The standard InChI is InChI=1S/C13H19N3O3S.ClH/c1-14-20(18,19)11-6-4-5-10(9-11)16-13(17)12-7-2-3-8-15-12;/h4-6,9,12,14-15H,2-3,7-8H2,1H3,(H,16,17);1H/t12-;/m1./s1. The van der Waals surface area contributed by atoms with Crippen LogP contribution in [0.3, 0.4) is 0 Å².